The fourth-order valence-corrected chi connectivity index (χ4v) is 2.76. The van der Waals surface area contributed by atoms with Crippen LogP contribution in [0.5, 0.6) is 0 Å². The maximum atomic E-state index is 12.1. The van der Waals surface area contributed by atoms with Gasteiger partial charge in [-0.3, -0.25) is 14.5 Å². The number of hydrogen-bond acceptors (Lipinski definition) is 3. The Morgan fingerprint density at radius 2 is 2.27 bits per heavy atom. The number of nitrogens with one attached hydrogen (secondary N) is 1. The topological polar surface area (TPSA) is 65.7 Å². The van der Waals surface area contributed by atoms with E-state index in [9.17, 15) is 9.59 Å². The predicted octanol–water partition coefficient (Wildman–Crippen LogP) is 2.05. The molecular formula is C17H20N2O3. The molecular weight excluding hydrogens is 280 g/mol. The molecule has 1 atom stereocenters. The van der Waals surface area contributed by atoms with Crippen molar-refractivity contribution in [1.82, 2.24) is 9.88 Å². The van der Waals surface area contributed by atoms with Crippen molar-refractivity contribution in [2.45, 2.75) is 32.3 Å². The number of amides is 2. The van der Waals surface area contributed by atoms with Crippen molar-refractivity contribution in [3.8, 4) is 0 Å². The largest absolute Gasteiger partial charge is 0.371 e. The smallest absolute Gasteiger partial charge is 0.229 e. The molecule has 1 N–H and O–H groups in total. The Kier molecular flexibility index (Phi) is 4.24. The van der Waals surface area contributed by atoms with Crippen LogP contribution in [-0.2, 0) is 27.2 Å². The first kappa shape index (κ1) is 14.8. The van der Waals surface area contributed by atoms with Gasteiger partial charge in [0.25, 0.3) is 0 Å². The van der Waals surface area contributed by atoms with Gasteiger partial charge in [0, 0.05) is 23.5 Å². The second-order valence-electron chi connectivity index (χ2n) is 5.61. The Morgan fingerprint density at radius 1 is 1.45 bits per heavy atom. The Morgan fingerprint density at radius 3 is 2.95 bits per heavy atom. The minimum atomic E-state index is -0.147. The van der Waals surface area contributed by atoms with E-state index in [2.05, 4.69) is 24.0 Å². The summed E-state index contributed by atoms with van der Waals surface area (Å²) in [6.07, 6.45) is 4.53. The Labute approximate surface area is 129 Å². The zero-order valence-electron chi connectivity index (χ0n) is 12.7. The molecule has 0 radical (unpaired) electrons. The van der Waals surface area contributed by atoms with Crippen molar-refractivity contribution < 1.29 is 14.3 Å². The van der Waals surface area contributed by atoms with Crippen molar-refractivity contribution in [2.24, 2.45) is 0 Å². The van der Waals surface area contributed by atoms with E-state index in [4.69, 9.17) is 4.74 Å². The molecule has 2 heterocycles. The van der Waals surface area contributed by atoms with E-state index in [1.54, 1.807) is 0 Å². The number of benzene rings is 1. The van der Waals surface area contributed by atoms with Crippen LogP contribution in [0.2, 0.25) is 0 Å². The van der Waals surface area contributed by atoms with Gasteiger partial charge >= 0.3 is 0 Å². The monoisotopic (exact) mass is 300 g/mol. The van der Waals surface area contributed by atoms with E-state index >= 15 is 0 Å². The summed E-state index contributed by atoms with van der Waals surface area (Å²) in [5.74, 6) is -0.147. The quantitative estimate of drug-likeness (QED) is 0.628. The van der Waals surface area contributed by atoms with E-state index in [1.807, 2.05) is 12.3 Å². The standard InChI is InChI=1S/C17H20N2O3/c1-2-12-4-3-5-15-13(8-18-17(12)15)6-7-16(21)19(11-20)9-14-10-22-14/h3-5,8,11,14,18H,2,6-7,9-10H2,1H3. The number of carbonyl (C=O) groups is 2. The lowest BCUT2D eigenvalue weighted by Gasteiger charge is -2.13. The first-order valence-corrected chi connectivity index (χ1v) is 7.67. The zero-order valence-corrected chi connectivity index (χ0v) is 12.7. The van der Waals surface area contributed by atoms with Gasteiger partial charge in [0.1, 0.15) is 0 Å². The molecule has 3 rings (SSSR count). The minimum absolute atomic E-state index is 0.0364. The molecule has 0 spiro atoms. The number of aryl methyl sites for hydroxylation is 2. The number of hydrogen-bond donors (Lipinski definition) is 1. The third kappa shape index (κ3) is 3.04. The summed E-state index contributed by atoms with van der Waals surface area (Å²) in [4.78, 5) is 27.7. The number of epoxide rings is 1. The van der Waals surface area contributed by atoms with Crippen LogP contribution in [0.3, 0.4) is 0 Å². The molecule has 1 aliphatic heterocycles. The number of imide groups is 1. The first-order valence-electron chi connectivity index (χ1n) is 7.67. The molecule has 116 valence electrons. The van der Waals surface area contributed by atoms with Gasteiger partial charge in [-0.15, -0.1) is 0 Å². The molecule has 1 aromatic heterocycles. The van der Waals surface area contributed by atoms with Gasteiger partial charge in [0.15, 0.2) is 0 Å². The molecule has 1 fully saturated rings. The summed E-state index contributed by atoms with van der Waals surface area (Å²) in [7, 11) is 0. The van der Waals surface area contributed by atoms with Gasteiger partial charge in [0.05, 0.1) is 19.3 Å². The normalized spacial score (nSPS) is 16.7. The highest BCUT2D eigenvalue weighted by Gasteiger charge is 2.27. The average Bonchev–Trinajstić information content (AvgIpc) is 3.27. The average molecular weight is 300 g/mol. The highest BCUT2D eigenvalue weighted by atomic mass is 16.6. The van der Waals surface area contributed by atoms with Crippen LogP contribution < -0.4 is 0 Å². The molecule has 5 heteroatoms. The van der Waals surface area contributed by atoms with Crippen LogP contribution in [0, 0.1) is 0 Å². The van der Waals surface area contributed by atoms with Gasteiger partial charge in [0.2, 0.25) is 12.3 Å². The molecule has 1 aromatic carbocycles. The van der Waals surface area contributed by atoms with E-state index in [1.165, 1.54) is 10.5 Å². The minimum Gasteiger partial charge on any atom is -0.371 e. The van der Waals surface area contributed by atoms with Crippen LogP contribution in [0.25, 0.3) is 10.9 Å². The van der Waals surface area contributed by atoms with Crippen LogP contribution in [0.15, 0.2) is 24.4 Å². The highest BCUT2D eigenvalue weighted by Crippen LogP contribution is 2.23. The first-order chi connectivity index (χ1) is 10.7. The van der Waals surface area contributed by atoms with Crippen LogP contribution in [0.4, 0.5) is 0 Å². The number of aromatic nitrogens is 1. The lowest BCUT2D eigenvalue weighted by Crippen LogP contribution is -2.33. The van der Waals surface area contributed by atoms with Crippen molar-refractivity contribution in [3.05, 3.63) is 35.5 Å². The fraction of sp³-hybridized carbons (Fsp3) is 0.412. The lowest BCUT2D eigenvalue weighted by atomic mass is 10.0. The molecule has 0 saturated carbocycles. The van der Waals surface area contributed by atoms with Crippen LogP contribution >= 0.6 is 0 Å². The molecule has 0 aliphatic carbocycles. The summed E-state index contributed by atoms with van der Waals surface area (Å²) in [5.41, 5.74) is 3.54. The number of para-hydroxylation sites is 1. The number of H-pyrrole nitrogens is 1. The van der Waals surface area contributed by atoms with Gasteiger partial charge in [-0.1, -0.05) is 25.1 Å². The molecule has 1 unspecified atom stereocenters. The second-order valence-corrected chi connectivity index (χ2v) is 5.61. The maximum Gasteiger partial charge on any atom is 0.229 e. The molecule has 5 nitrogen and oxygen atoms in total. The van der Waals surface area contributed by atoms with Crippen molar-refractivity contribution in [2.75, 3.05) is 13.2 Å². The van der Waals surface area contributed by atoms with E-state index in [0.29, 0.717) is 32.4 Å². The maximum absolute atomic E-state index is 12.1. The van der Waals surface area contributed by atoms with Gasteiger partial charge in [-0.05, 0) is 24.0 Å². The highest BCUT2D eigenvalue weighted by molar-refractivity contribution is 5.88. The van der Waals surface area contributed by atoms with E-state index in [0.717, 1.165) is 22.9 Å². The van der Waals surface area contributed by atoms with Crippen molar-refractivity contribution >= 4 is 23.2 Å². The van der Waals surface area contributed by atoms with Crippen LogP contribution in [0.1, 0.15) is 24.5 Å². The lowest BCUT2D eigenvalue weighted by molar-refractivity contribution is -0.138. The Balaban J connectivity index is 1.68. The van der Waals surface area contributed by atoms with Crippen molar-refractivity contribution in [3.63, 3.8) is 0 Å². The zero-order chi connectivity index (χ0) is 15.5. The third-order valence-corrected chi connectivity index (χ3v) is 4.13. The summed E-state index contributed by atoms with van der Waals surface area (Å²) in [5, 5.41) is 1.16. The number of fused-ring (bicyclic) bond motifs is 1. The summed E-state index contributed by atoms with van der Waals surface area (Å²) >= 11 is 0. The Bertz CT molecular complexity index is 688. The SMILES string of the molecule is CCc1cccc2c(CCC(=O)N(C=O)CC3CO3)c[nH]c12. The van der Waals surface area contributed by atoms with E-state index in [-0.39, 0.29) is 12.0 Å². The molecule has 22 heavy (non-hydrogen) atoms. The van der Waals surface area contributed by atoms with Crippen LogP contribution in [-0.4, -0.2) is 41.5 Å². The summed E-state index contributed by atoms with van der Waals surface area (Å²) in [6.45, 7) is 3.14. The van der Waals surface area contributed by atoms with Gasteiger partial charge < -0.3 is 9.72 Å². The number of rotatable bonds is 7. The van der Waals surface area contributed by atoms with E-state index < -0.39 is 0 Å². The number of carbonyl (C=O) groups excluding carboxylic acids is 2. The molecule has 1 saturated heterocycles. The Hall–Kier alpha value is -2.14. The number of nitrogens with zero attached hydrogens (tertiary/aromatic N) is 1. The molecule has 0 bridgehead atoms. The third-order valence-electron chi connectivity index (χ3n) is 4.13. The molecule has 1 aliphatic rings. The molecule has 2 aromatic rings. The fourth-order valence-electron chi connectivity index (χ4n) is 2.76. The predicted molar refractivity (Wildman–Crippen MR) is 83.5 cm³/mol. The summed E-state index contributed by atoms with van der Waals surface area (Å²) in [6, 6.07) is 6.22. The van der Waals surface area contributed by atoms with Crippen molar-refractivity contribution in [1.29, 1.82) is 0 Å². The number of aromatic amines is 1. The molecule has 2 amide bonds. The van der Waals surface area contributed by atoms with Gasteiger partial charge in [-0.25, -0.2) is 0 Å². The van der Waals surface area contributed by atoms with Gasteiger partial charge in [-0.2, -0.15) is 0 Å². The second kappa shape index (κ2) is 6.32. The number of ether oxygens (including phenoxy) is 1. The summed E-state index contributed by atoms with van der Waals surface area (Å²) < 4.78 is 5.07.